The molecule has 0 amide bonds. The molecule has 0 spiro atoms. The maximum atomic E-state index is 8.39. The molecule has 4 nitrogen and oxygen atoms in total. The summed E-state index contributed by atoms with van der Waals surface area (Å²) in [4.78, 5) is 2.42. The van der Waals surface area contributed by atoms with Gasteiger partial charge in [-0.2, -0.15) is 0 Å². The summed E-state index contributed by atoms with van der Waals surface area (Å²) in [6.45, 7) is 2.36. The minimum Gasteiger partial charge on any atom is -0.409 e. The van der Waals surface area contributed by atoms with E-state index in [0.717, 1.165) is 25.3 Å². The number of rotatable bonds is 7. The van der Waals surface area contributed by atoms with E-state index in [1.54, 1.807) is 0 Å². The van der Waals surface area contributed by atoms with E-state index in [9.17, 15) is 0 Å². The molecule has 1 saturated carbocycles. The summed E-state index contributed by atoms with van der Waals surface area (Å²) in [6.07, 6.45) is 8.49. The first-order chi connectivity index (χ1) is 7.72. The van der Waals surface area contributed by atoms with Crippen LogP contribution >= 0.6 is 0 Å². The van der Waals surface area contributed by atoms with Crippen LogP contribution in [-0.2, 0) is 0 Å². The van der Waals surface area contributed by atoms with Crippen molar-refractivity contribution in [3.8, 4) is 0 Å². The van der Waals surface area contributed by atoms with Crippen molar-refractivity contribution in [1.82, 2.24) is 4.90 Å². The molecule has 0 bridgehead atoms. The molecule has 94 valence electrons. The Bertz CT molecular complexity index is 212. The number of nitrogens with two attached hydrogens (primary N) is 1. The Morgan fingerprint density at radius 1 is 1.38 bits per heavy atom. The zero-order valence-electron chi connectivity index (χ0n) is 10.4. The molecule has 0 aromatic heterocycles. The van der Waals surface area contributed by atoms with Crippen LogP contribution in [0.3, 0.4) is 0 Å². The highest BCUT2D eigenvalue weighted by molar-refractivity contribution is 5.79. The SMILES string of the molecule is CN(CCCCC(N)=NO)CC1CCCC1. The highest BCUT2D eigenvalue weighted by Crippen LogP contribution is 2.25. The summed E-state index contributed by atoms with van der Waals surface area (Å²) in [5.74, 6) is 1.27. The van der Waals surface area contributed by atoms with E-state index in [2.05, 4.69) is 17.1 Å². The molecule has 1 aliphatic rings. The molecule has 0 aliphatic heterocycles. The average molecular weight is 227 g/mol. The summed E-state index contributed by atoms with van der Waals surface area (Å²) < 4.78 is 0. The van der Waals surface area contributed by atoms with Crippen molar-refractivity contribution in [1.29, 1.82) is 0 Å². The Kier molecular flexibility index (Phi) is 6.23. The topological polar surface area (TPSA) is 61.8 Å². The van der Waals surface area contributed by atoms with Crippen LogP contribution in [0.15, 0.2) is 5.16 Å². The average Bonchev–Trinajstić information content (AvgIpc) is 2.76. The number of nitrogens with zero attached hydrogens (tertiary/aromatic N) is 2. The van der Waals surface area contributed by atoms with Gasteiger partial charge in [0.1, 0.15) is 5.84 Å². The fraction of sp³-hybridized carbons (Fsp3) is 0.917. The van der Waals surface area contributed by atoms with Crippen LogP contribution in [-0.4, -0.2) is 36.1 Å². The van der Waals surface area contributed by atoms with Crippen LogP contribution in [0.5, 0.6) is 0 Å². The lowest BCUT2D eigenvalue weighted by Gasteiger charge is -2.20. The molecule has 0 radical (unpaired) electrons. The monoisotopic (exact) mass is 227 g/mol. The summed E-state index contributed by atoms with van der Waals surface area (Å²) >= 11 is 0. The van der Waals surface area contributed by atoms with Gasteiger partial charge in [-0.1, -0.05) is 18.0 Å². The Balaban J connectivity index is 1.99. The second kappa shape index (κ2) is 7.49. The van der Waals surface area contributed by atoms with Crippen molar-refractivity contribution in [3.05, 3.63) is 0 Å². The lowest BCUT2D eigenvalue weighted by atomic mass is 10.1. The fourth-order valence-corrected chi connectivity index (χ4v) is 2.46. The standard InChI is InChI=1S/C12H25N3O/c1-15(10-11-6-2-3-7-11)9-5-4-8-12(13)14-16/h11,16H,2-10H2,1H3,(H2,13,14). The van der Waals surface area contributed by atoms with Gasteiger partial charge in [-0.3, -0.25) is 0 Å². The molecule has 4 heteroatoms. The fourth-order valence-electron chi connectivity index (χ4n) is 2.46. The number of amidine groups is 1. The second-order valence-corrected chi connectivity index (χ2v) is 4.96. The molecular weight excluding hydrogens is 202 g/mol. The van der Waals surface area contributed by atoms with Crippen molar-refractivity contribution in [2.45, 2.75) is 44.9 Å². The lowest BCUT2D eigenvalue weighted by Crippen LogP contribution is -2.25. The smallest absolute Gasteiger partial charge is 0.139 e. The first-order valence-electron chi connectivity index (χ1n) is 6.37. The first kappa shape index (κ1) is 13.3. The van der Waals surface area contributed by atoms with Gasteiger partial charge in [-0.25, -0.2) is 0 Å². The van der Waals surface area contributed by atoms with E-state index in [1.165, 1.54) is 32.2 Å². The van der Waals surface area contributed by atoms with Crippen molar-refractivity contribution < 1.29 is 5.21 Å². The molecule has 3 N–H and O–H groups in total. The molecule has 0 heterocycles. The van der Waals surface area contributed by atoms with Crippen LogP contribution in [0.25, 0.3) is 0 Å². The quantitative estimate of drug-likeness (QED) is 0.230. The number of hydrogen-bond acceptors (Lipinski definition) is 3. The molecule has 0 aromatic rings. The van der Waals surface area contributed by atoms with Gasteiger partial charge >= 0.3 is 0 Å². The van der Waals surface area contributed by atoms with Gasteiger partial charge in [-0.15, -0.1) is 0 Å². The first-order valence-corrected chi connectivity index (χ1v) is 6.37. The van der Waals surface area contributed by atoms with E-state index >= 15 is 0 Å². The van der Waals surface area contributed by atoms with Gasteiger partial charge < -0.3 is 15.8 Å². The highest BCUT2D eigenvalue weighted by atomic mass is 16.4. The normalized spacial score (nSPS) is 18.5. The molecule has 1 aliphatic carbocycles. The van der Waals surface area contributed by atoms with Crippen molar-refractivity contribution in [2.24, 2.45) is 16.8 Å². The molecule has 1 fully saturated rings. The van der Waals surface area contributed by atoms with Gasteiger partial charge in [0.15, 0.2) is 0 Å². The van der Waals surface area contributed by atoms with E-state index < -0.39 is 0 Å². The third kappa shape index (κ3) is 5.35. The van der Waals surface area contributed by atoms with E-state index in [-0.39, 0.29) is 0 Å². The Hall–Kier alpha value is -0.770. The largest absolute Gasteiger partial charge is 0.409 e. The van der Waals surface area contributed by atoms with E-state index in [4.69, 9.17) is 10.9 Å². The minimum absolute atomic E-state index is 0.346. The summed E-state index contributed by atoms with van der Waals surface area (Å²) in [5, 5.41) is 11.4. The van der Waals surface area contributed by atoms with Crippen molar-refractivity contribution >= 4 is 5.84 Å². The third-order valence-electron chi connectivity index (χ3n) is 3.40. The molecule has 0 atom stereocenters. The van der Waals surface area contributed by atoms with Crippen molar-refractivity contribution in [3.63, 3.8) is 0 Å². The van der Waals surface area contributed by atoms with Gasteiger partial charge in [0.2, 0.25) is 0 Å². The Labute approximate surface area is 98.5 Å². The summed E-state index contributed by atoms with van der Waals surface area (Å²) in [5.41, 5.74) is 5.41. The summed E-state index contributed by atoms with van der Waals surface area (Å²) in [7, 11) is 2.20. The predicted octanol–water partition coefficient (Wildman–Crippen LogP) is 2.03. The molecule has 16 heavy (non-hydrogen) atoms. The number of unbranched alkanes of at least 4 members (excludes halogenated alkanes) is 1. The molecule has 0 unspecified atom stereocenters. The number of hydrogen-bond donors (Lipinski definition) is 2. The molecular formula is C12H25N3O. The maximum absolute atomic E-state index is 8.39. The Morgan fingerprint density at radius 2 is 2.06 bits per heavy atom. The zero-order chi connectivity index (χ0) is 11.8. The summed E-state index contributed by atoms with van der Waals surface area (Å²) in [6, 6.07) is 0. The Morgan fingerprint density at radius 3 is 2.69 bits per heavy atom. The van der Waals surface area contributed by atoms with Crippen LogP contribution in [0.1, 0.15) is 44.9 Å². The zero-order valence-corrected chi connectivity index (χ0v) is 10.4. The molecule has 0 saturated heterocycles. The van der Waals surface area contributed by atoms with E-state index in [0.29, 0.717) is 12.3 Å². The van der Waals surface area contributed by atoms with Gasteiger partial charge in [0.25, 0.3) is 0 Å². The maximum Gasteiger partial charge on any atom is 0.139 e. The van der Waals surface area contributed by atoms with Gasteiger partial charge in [0.05, 0.1) is 0 Å². The number of oxime groups is 1. The molecule has 1 rings (SSSR count). The lowest BCUT2D eigenvalue weighted by molar-refractivity contribution is 0.273. The van der Waals surface area contributed by atoms with E-state index in [1.807, 2.05) is 0 Å². The van der Waals surface area contributed by atoms with Gasteiger partial charge in [-0.05, 0) is 45.2 Å². The predicted molar refractivity (Wildman–Crippen MR) is 66.7 cm³/mol. The van der Waals surface area contributed by atoms with Crippen LogP contribution < -0.4 is 5.73 Å². The van der Waals surface area contributed by atoms with Crippen LogP contribution in [0.4, 0.5) is 0 Å². The second-order valence-electron chi connectivity index (χ2n) is 4.96. The highest BCUT2D eigenvalue weighted by Gasteiger charge is 2.16. The third-order valence-corrected chi connectivity index (χ3v) is 3.40. The molecule has 0 aromatic carbocycles. The van der Waals surface area contributed by atoms with Crippen molar-refractivity contribution in [2.75, 3.05) is 20.1 Å². The van der Waals surface area contributed by atoms with Gasteiger partial charge in [0, 0.05) is 13.0 Å². The van der Waals surface area contributed by atoms with Crippen LogP contribution in [0, 0.1) is 5.92 Å². The van der Waals surface area contributed by atoms with Crippen LogP contribution in [0.2, 0.25) is 0 Å². The minimum atomic E-state index is 0.346.